The predicted molar refractivity (Wildman–Crippen MR) is 122 cm³/mol. The number of rotatable bonds is 9. The van der Waals surface area contributed by atoms with Gasteiger partial charge in [-0.2, -0.15) is 0 Å². The fourth-order valence-electron chi connectivity index (χ4n) is 3.69. The Morgan fingerprint density at radius 3 is 2.39 bits per heavy atom. The van der Waals surface area contributed by atoms with Crippen molar-refractivity contribution >= 4 is 23.4 Å². The lowest BCUT2D eigenvalue weighted by Gasteiger charge is -2.31. The van der Waals surface area contributed by atoms with E-state index in [0.29, 0.717) is 24.5 Å². The Balaban J connectivity index is 1.71. The van der Waals surface area contributed by atoms with E-state index in [1.54, 1.807) is 17.0 Å². The molecule has 0 aliphatic carbocycles. The van der Waals surface area contributed by atoms with Crippen LogP contribution in [-0.4, -0.2) is 67.0 Å². The minimum absolute atomic E-state index is 0.138. The number of nitrogens with one attached hydrogen (secondary N) is 1. The van der Waals surface area contributed by atoms with E-state index >= 15 is 0 Å². The molecule has 0 radical (unpaired) electrons. The zero-order valence-corrected chi connectivity index (χ0v) is 18.7. The van der Waals surface area contributed by atoms with Crippen molar-refractivity contribution in [3.63, 3.8) is 0 Å². The number of carbonyl (C=O) groups excluding carboxylic acids is 2. The van der Waals surface area contributed by atoms with Gasteiger partial charge in [-0.1, -0.05) is 54.1 Å². The summed E-state index contributed by atoms with van der Waals surface area (Å²) in [6.45, 7) is 6.36. The molecule has 1 fully saturated rings. The first kappa shape index (κ1) is 23.3. The van der Waals surface area contributed by atoms with E-state index in [1.807, 2.05) is 42.5 Å². The smallest absolute Gasteiger partial charge is 0.243 e. The van der Waals surface area contributed by atoms with Crippen molar-refractivity contribution in [1.82, 2.24) is 15.1 Å². The number of nitrogens with zero attached hydrogens (tertiary/aromatic N) is 2. The van der Waals surface area contributed by atoms with Crippen LogP contribution in [-0.2, 0) is 27.3 Å². The molecule has 2 amide bonds. The minimum Gasteiger partial charge on any atom is -0.379 e. The highest BCUT2D eigenvalue weighted by atomic mass is 35.5. The molecule has 0 unspecified atom stereocenters. The van der Waals surface area contributed by atoms with Crippen LogP contribution in [0.15, 0.2) is 54.6 Å². The number of carbonyl (C=O) groups is 2. The molecule has 1 atom stereocenters. The van der Waals surface area contributed by atoms with Gasteiger partial charge in [0.25, 0.3) is 0 Å². The fourth-order valence-corrected chi connectivity index (χ4v) is 3.82. The van der Waals surface area contributed by atoms with Crippen LogP contribution in [0.1, 0.15) is 18.1 Å². The quantitative estimate of drug-likeness (QED) is 0.647. The molecule has 31 heavy (non-hydrogen) atoms. The molecule has 0 bridgehead atoms. The highest BCUT2D eigenvalue weighted by Gasteiger charge is 2.28. The van der Waals surface area contributed by atoms with Gasteiger partial charge in [-0.3, -0.25) is 14.5 Å². The number of hydrogen-bond acceptors (Lipinski definition) is 4. The van der Waals surface area contributed by atoms with Gasteiger partial charge in [0, 0.05) is 51.1 Å². The lowest BCUT2D eigenvalue weighted by Crippen LogP contribution is -2.51. The van der Waals surface area contributed by atoms with Crippen molar-refractivity contribution < 1.29 is 14.3 Å². The third kappa shape index (κ3) is 7.35. The fraction of sp³-hybridized carbons (Fsp3) is 0.417. The molecule has 1 aliphatic heterocycles. The summed E-state index contributed by atoms with van der Waals surface area (Å²) in [7, 11) is 0. The lowest BCUT2D eigenvalue weighted by atomic mass is 10.0. The van der Waals surface area contributed by atoms with Gasteiger partial charge in [-0.25, -0.2) is 0 Å². The molecule has 1 aliphatic rings. The van der Waals surface area contributed by atoms with Gasteiger partial charge < -0.3 is 15.0 Å². The average molecular weight is 444 g/mol. The third-order valence-electron chi connectivity index (χ3n) is 5.45. The van der Waals surface area contributed by atoms with Gasteiger partial charge in [0.2, 0.25) is 11.8 Å². The van der Waals surface area contributed by atoms with E-state index in [9.17, 15) is 9.59 Å². The largest absolute Gasteiger partial charge is 0.379 e. The van der Waals surface area contributed by atoms with E-state index in [2.05, 4.69) is 10.2 Å². The number of ether oxygens (including phenoxy) is 1. The summed E-state index contributed by atoms with van der Waals surface area (Å²) in [4.78, 5) is 29.7. The first-order chi connectivity index (χ1) is 15.0. The Bertz CT molecular complexity index is 839. The number of benzene rings is 2. The summed E-state index contributed by atoms with van der Waals surface area (Å²) >= 11 is 6.00. The van der Waals surface area contributed by atoms with Crippen LogP contribution in [0.2, 0.25) is 5.02 Å². The zero-order chi connectivity index (χ0) is 22.1. The molecule has 2 aromatic carbocycles. The Morgan fingerprint density at radius 2 is 1.74 bits per heavy atom. The summed E-state index contributed by atoms with van der Waals surface area (Å²) in [5.41, 5.74) is 1.94. The Hall–Kier alpha value is -2.41. The maximum Gasteiger partial charge on any atom is 0.243 e. The first-order valence-corrected chi connectivity index (χ1v) is 11.0. The van der Waals surface area contributed by atoms with Crippen LogP contribution in [0, 0.1) is 0 Å². The molecule has 3 rings (SSSR count). The third-order valence-corrected chi connectivity index (χ3v) is 5.70. The number of morpholine rings is 1. The first-order valence-electron chi connectivity index (χ1n) is 10.7. The molecule has 1 heterocycles. The maximum absolute atomic E-state index is 13.2. The molecule has 1 saturated heterocycles. The van der Waals surface area contributed by atoms with Gasteiger partial charge in [0.15, 0.2) is 0 Å². The van der Waals surface area contributed by atoms with Gasteiger partial charge in [-0.05, 0) is 23.3 Å². The second kappa shape index (κ2) is 11.8. The van der Waals surface area contributed by atoms with Gasteiger partial charge in [0.05, 0.1) is 13.2 Å². The molecule has 0 spiro atoms. The van der Waals surface area contributed by atoms with Crippen LogP contribution >= 0.6 is 11.6 Å². The summed E-state index contributed by atoms with van der Waals surface area (Å²) in [5.74, 6) is -0.277. The Kier molecular flexibility index (Phi) is 8.88. The standard InChI is InChI=1S/C24H30ClN3O3/c1-19(29)28(18-21-7-9-22(25)10-8-21)23(17-20-5-3-2-4-6-20)24(30)26-11-12-27-13-15-31-16-14-27/h2-10,23H,11-18H2,1H3,(H,26,30)/t23-/m1/s1. The average Bonchev–Trinajstić information content (AvgIpc) is 2.78. The van der Waals surface area contributed by atoms with E-state index in [-0.39, 0.29) is 11.8 Å². The molecule has 0 aromatic heterocycles. The highest BCUT2D eigenvalue weighted by molar-refractivity contribution is 6.30. The van der Waals surface area contributed by atoms with Crippen LogP contribution < -0.4 is 5.32 Å². The summed E-state index contributed by atoms with van der Waals surface area (Å²) in [6.07, 6.45) is 0.456. The minimum atomic E-state index is -0.597. The predicted octanol–water partition coefficient (Wildman–Crippen LogP) is 2.75. The summed E-state index contributed by atoms with van der Waals surface area (Å²) in [6, 6.07) is 16.6. The highest BCUT2D eigenvalue weighted by Crippen LogP contribution is 2.16. The lowest BCUT2D eigenvalue weighted by molar-refractivity contribution is -0.139. The molecular formula is C24H30ClN3O3. The van der Waals surface area contributed by atoms with E-state index in [0.717, 1.165) is 44.0 Å². The zero-order valence-electron chi connectivity index (χ0n) is 17.9. The number of hydrogen-bond donors (Lipinski definition) is 1. The second-order valence-electron chi connectivity index (χ2n) is 7.72. The molecule has 0 saturated carbocycles. The van der Waals surface area contributed by atoms with Crippen molar-refractivity contribution in [1.29, 1.82) is 0 Å². The van der Waals surface area contributed by atoms with Crippen LogP contribution in [0.3, 0.4) is 0 Å². The molecular weight excluding hydrogens is 414 g/mol. The topological polar surface area (TPSA) is 61.9 Å². The summed E-state index contributed by atoms with van der Waals surface area (Å²) in [5, 5.41) is 3.68. The van der Waals surface area contributed by atoms with E-state index in [4.69, 9.17) is 16.3 Å². The van der Waals surface area contributed by atoms with Crippen molar-refractivity contribution in [2.75, 3.05) is 39.4 Å². The van der Waals surface area contributed by atoms with Crippen molar-refractivity contribution in [2.24, 2.45) is 0 Å². The maximum atomic E-state index is 13.2. The molecule has 7 heteroatoms. The molecule has 6 nitrogen and oxygen atoms in total. The van der Waals surface area contributed by atoms with Gasteiger partial charge in [0.1, 0.15) is 6.04 Å². The van der Waals surface area contributed by atoms with Crippen LogP contribution in [0.5, 0.6) is 0 Å². The van der Waals surface area contributed by atoms with Crippen LogP contribution in [0.25, 0.3) is 0 Å². The molecule has 2 aromatic rings. The Labute approximate surface area is 189 Å². The van der Waals surface area contributed by atoms with Crippen molar-refractivity contribution in [3.05, 3.63) is 70.7 Å². The van der Waals surface area contributed by atoms with Gasteiger partial charge in [-0.15, -0.1) is 0 Å². The normalized spacial score (nSPS) is 15.3. The van der Waals surface area contributed by atoms with Gasteiger partial charge >= 0.3 is 0 Å². The Morgan fingerprint density at radius 1 is 1.06 bits per heavy atom. The SMILES string of the molecule is CC(=O)N(Cc1ccc(Cl)cc1)[C@H](Cc1ccccc1)C(=O)NCCN1CCOCC1. The molecule has 166 valence electrons. The second-order valence-corrected chi connectivity index (χ2v) is 8.16. The van der Waals surface area contributed by atoms with Crippen molar-refractivity contribution in [2.45, 2.75) is 25.9 Å². The molecule has 1 N–H and O–H groups in total. The van der Waals surface area contributed by atoms with E-state index < -0.39 is 6.04 Å². The van der Waals surface area contributed by atoms with Crippen LogP contribution in [0.4, 0.5) is 0 Å². The van der Waals surface area contributed by atoms with Crippen molar-refractivity contribution in [3.8, 4) is 0 Å². The number of halogens is 1. The monoisotopic (exact) mass is 443 g/mol. The number of amides is 2. The van der Waals surface area contributed by atoms with E-state index in [1.165, 1.54) is 6.92 Å². The summed E-state index contributed by atoms with van der Waals surface area (Å²) < 4.78 is 5.37.